The quantitative estimate of drug-likeness (QED) is 0.291. The Kier molecular flexibility index (Phi) is 5.82. The van der Waals surface area contributed by atoms with Gasteiger partial charge in [-0.25, -0.2) is 9.69 Å². The molecule has 0 bridgehead atoms. The Morgan fingerprint density at radius 1 is 0.812 bits per heavy atom. The van der Waals surface area contributed by atoms with E-state index in [1.54, 1.807) is 30.3 Å². The van der Waals surface area contributed by atoms with Crippen LogP contribution in [-0.2, 0) is 4.74 Å². The van der Waals surface area contributed by atoms with Crippen molar-refractivity contribution in [3.05, 3.63) is 99.0 Å². The van der Waals surface area contributed by atoms with Crippen LogP contribution in [0.1, 0.15) is 48.4 Å². The molecule has 3 aromatic carbocycles. The van der Waals surface area contributed by atoms with E-state index in [4.69, 9.17) is 27.9 Å². The largest absolute Gasteiger partial charge is 0.451 e. The lowest BCUT2D eigenvalue weighted by molar-refractivity contribution is 0.0318. The summed E-state index contributed by atoms with van der Waals surface area (Å²) >= 11 is 11.9. The van der Waals surface area contributed by atoms with Gasteiger partial charge in [-0.2, -0.15) is 0 Å². The van der Waals surface area contributed by atoms with Crippen molar-refractivity contribution in [2.24, 2.45) is 0 Å². The van der Waals surface area contributed by atoms with Gasteiger partial charge in [-0.1, -0.05) is 53.5 Å². The summed E-state index contributed by atoms with van der Waals surface area (Å²) in [6.45, 7) is 1.47. The third-order valence-electron chi connectivity index (χ3n) is 4.99. The molecule has 1 aliphatic rings. The van der Waals surface area contributed by atoms with E-state index in [0.29, 0.717) is 5.56 Å². The summed E-state index contributed by atoms with van der Waals surface area (Å²) in [4.78, 5) is 51.7. The maximum absolute atomic E-state index is 12.9. The van der Waals surface area contributed by atoms with Crippen LogP contribution < -0.4 is 4.90 Å². The number of fused-ring (bicyclic) bond motifs is 1. The normalized spacial score (nSPS) is 13.7. The fourth-order valence-electron chi connectivity index (χ4n) is 3.35. The number of hydrogen-bond donors (Lipinski definition) is 0. The van der Waals surface area contributed by atoms with Gasteiger partial charge in [0.05, 0.1) is 32.4 Å². The first-order valence-corrected chi connectivity index (χ1v) is 10.3. The molecule has 160 valence electrons. The summed E-state index contributed by atoms with van der Waals surface area (Å²) in [5.74, 6) is -2.28. The molecule has 2 amide bonds. The van der Waals surface area contributed by atoms with Gasteiger partial charge in [-0.3, -0.25) is 14.4 Å². The van der Waals surface area contributed by atoms with Crippen molar-refractivity contribution in [2.45, 2.75) is 13.0 Å². The Morgan fingerprint density at radius 3 is 2.19 bits per heavy atom. The summed E-state index contributed by atoms with van der Waals surface area (Å²) in [5, 5.41) is 0.485. The number of esters is 1. The van der Waals surface area contributed by atoms with Gasteiger partial charge in [-0.05, 0) is 43.3 Å². The zero-order valence-electron chi connectivity index (χ0n) is 16.7. The molecule has 1 aliphatic heterocycles. The molecule has 6 nitrogen and oxygen atoms in total. The first kappa shape index (κ1) is 21.7. The van der Waals surface area contributed by atoms with Crippen molar-refractivity contribution in [1.82, 2.24) is 0 Å². The van der Waals surface area contributed by atoms with Crippen molar-refractivity contribution < 1.29 is 23.9 Å². The van der Waals surface area contributed by atoms with Gasteiger partial charge >= 0.3 is 5.97 Å². The molecule has 0 saturated carbocycles. The van der Waals surface area contributed by atoms with Crippen LogP contribution in [0.5, 0.6) is 0 Å². The minimum Gasteiger partial charge on any atom is -0.451 e. The molecular formula is C24H15Cl2NO5. The average Bonchev–Trinajstić information content (AvgIpc) is 3.05. The van der Waals surface area contributed by atoms with Gasteiger partial charge < -0.3 is 4.74 Å². The molecule has 0 aromatic heterocycles. The van der Waals surface area contributed by atoms with Crippen LogP contribution in [0.2, 0.25) is 10.0 Å². The van der Waals surface area contributed by atoms with Crippen LogP contribution in [0.4, 0.5) is 5.69 Å². The van der Waals surface area contributed by atoms with Crippen LogP contribution >= 0.6 is 23.2 Å². The molecule has 0 saturated heterocycles. The van der Waals surface area contributed by atoms with E-state index in [9.17, 15) is 19.2 Å². The van der Waals surface area contributed by atoms with E-state index in [-0.39, 0.29) is 38.2 Å². The minimum atomic E-state index is -1.02. The molecule has 0 N–H and O–H groups in total. The van der Waals surface area contributed by atoms with Crippen molar-refractivity contribution >= 4 is 52.5 Å². The van der Waals surface area contributed by atoms with Crippen molar-refractivity contribution in [3.63, 3.8) is 0 Å². The third-order valence-corrected chi connectivity index (χ3v) is 5.73. The summed E-state index contributed by atoms with van der Waals surface area (Å²) in [6.07, 6.45) is -1.02. The fraction of sp³-hybridized carbons (Fsp3) is 0.0833. The van der Waals surface area contributed by atoms with E-state index in [0.717, 1.165) is 4.90 Å². The molecule has 3 aromatic rings. The Bertz CT molecular complexity index is 1270. The van der Waals surface area contributed by atoms with E-state index >= 15 is 0 Å². The number of carbonyl (C=O) groups excluding carboxylic acids is 4. The van der Waals surface area contributed by atoms with Gasteiger partial charge in [0.2, 0.25) is 5.78 Å². The second-order valence-corrected chi connectivity index (χ2v) is 7.90. The number of carbonyl (C=O) groups is 4. The molecule has 4 rings (SSSR count). The van der Waals surface area contributed by atoms with E-state index in [1.165, 1.54) is 43.3 Å². The first-order chi connectivity index (χ1) is 15.3. The van der Waals surface area contributed by atoms with Gasteiger partial charge in [0, 0.05) is 5.56 Å². The lowest BCUT2D eigenvalue weighted by Gasteiger charge is -2.14. The minimum absolute atomic E-state index is 0.0496. The number of ether oxygens (including phenoxy) is 1. The summed E-state index contributed by atoms with van der Waals surface area (Å²) in [7, 11) is 0. The van der Waals surface area contributed by atoms with Crippen molar-refractivity contribution in [2.75, 3.05) is 4.90 Å². The Morgan fingerprint density at radius 2 is 1.50 bits per heavy atom. The summed E-state index contributed by atoms with van der Waals surface area (Å²) in [6, 6.07) is 16.9. The SMILES string of the molecule is C[C@@H](OC(=O)c1ccc2c(c1)C(=O)N(c1ccc(Cl)c(Cl)c1)C2=O)C(=O)c1ccccc1. The maximum Gasteiger partial charge on any atom is 0.338 e. The summed E-state index contributed by atoms with van der Waals surface area (Å²) < 4.78 is 5.28. The number of rotatable bonds is 5. The maximum atomic E-state index is 12.9. The number of imide groups is 1. The molecule has 0 aliphatic carbocycles. The molecule has 0 unspecified atom stereocenters. The lowest BCUT2D eigenvalue weighted by Crippen LogP contribution is -2.29. The van der Waals surface area contributed by atoms with Crippen LogP contribution in [0.25, 0.3) is 0 Å². The van der Waals surface area contributed by atoms with Crippen molar-refractivity contribution in [3.8, 4) is 0 Å². The third kappa shape index (κ3) is 3.90. The molecule has 0 spiro atoms. The zero-order chi connectivity index (χ0) is 23.0. The molecule has 8 heteroatoms. The molecule has 32 heavy (non-hydrogen) atoms. The second-order valence-electron chi connectivity index (χ2n) is 7.08. The number of nitrogens with zero attached hydrogens (tertiary/aromatic N) is 1. The predicted molar refractivity (Wildman–Crippen MR) is 120 cm³/mol. The second kappa shape index (κ2) is 8.57. The fourth-order valence-corrected chi connectivity index (χ4v) is 3.64. The standard InChI is InChI=1S/C24H15Cl2NO5/c1-13(21(28)14-5-3-2-4-6-14)32-24(31)15-7-9-17-18(11-15)23(30)27(22(17)29)16-8-10-19(25)20(26)12-16/h2-13H,1H3/t13-/m1/s1. The molecule has 0 radical (unpaired) electrons. The smallest absolute Gasteiger partial charge is 0.338 e. The first-order valence-electron chi connectivity index (χ1n) is 9.56. The highest BCUT2D eigenvalue weighted by atomic mass is 35.5. The highest BCUT2D eigenvalue weighted by Gasteiger charge is 2.37. The Balaban J connectivity index is 1.56. The lowest BCUT2D eigenvalue weighted by atomic mass is 10.1. The number of benzene rings is 3. The number of halogens is 2. The number of ketones is 1. The van der Waals surface area contributed by atoms with Crippen LogP contribution in [0.3, 0.4) is 0 Å². The zero-order valence-corrected chi connectivity index (χ0v) is 18.2. The average molecular weight is 468 g/mol. The Hall–Kier alpha value is -3.48. The molecule has 0 fully saturated rings. The molecule has 1 atom stereocenters. The predicted octanol–water partition coefficient (Wildman–Crippen LogP) is 5.22. The number of hydrogen-bond acceptors (Lipinski definition) is 5. The van der Waals surface area contributed by atoms with Gasteiger partial charge in [0.1, 0.15) is 0 Å². The van der Waals surface area contributed by atoms with Gasteiger partial charge in [0.15, 0.2) is 6.10 Å². The molecule has 1 heterocycles. The molecular weight excluding hydrogens is 453 g/mol. The van der Waals surface area contributed by atoms with Gasteiger partial charge in [-0.15, -0.1) is 0 Å². The monoisotopic (exact) mass is 467 g/mol. The summed E-state index contributed by atoms with van der Waals surface area (Å²) in [5.41, 5.74) is 0.925. The van der Waals surface area contributed by atoms with E-state index in [1.807, 2.05) is 0 Å². The van der Waals surface area contributed by atoms with Crippen LogP contribution in [0, 0.1) is 0 Å². The van der Waals surface area contributed by atoms with Crippen LogP contribution in [-0.4, -0.2) is 29.7 Å². The number of anilines is 1. The number of Topliss-reactive ketones (excluding diaryl/α,β-unsaturated/α-hetero) is 1. The van der Waals surface area contributed by atoms with E-state index < -0.39 is 23.9 Å². The van der Waals surface area contributed by atoms with E-state index in [2.05, 4.69) is 0 Å². The van der Waals surface area contributed by atoms with Gasteiger partial charge in [0.25, 0.3) is 11.8 Å². The van der Waals surface area contributed by atoms with Crippen molar-refractivity contribution in [1.29, 1.82) is 0 Å². The van der Waals surface area contributed by atoms with Crippen LogP contribution in [0.15, 0.2) is 66.7 Å². The number of amides is 2. The Labute approximate surface area is 193 Å². The highest BCUT2D eigenvalue weighted by molar-refractivity contribution is 6.42. The highest BCUT2D eigenvalue weighted by Crippen LogP contribution is 2.33. The topological polar surface area (TPSA) is 80.8 Å².